The molecule has 0 bridgehead atoms. The fourth-order valence-electron chi connectivity index (χ4n) is 1.68. The Bertz CT molecular complexity index is 351. The van der Waals surface area contributed by atoms with Crippen LogP contribution in [0.25, 0.3) is 0 Å². The van der Waals surface area contributed by atoms with Crippen LogP contribution in [0.3, 0.4) is 0 Å². The summed E-state index contributed by atoms with van der Waals surface area (Å²) >= 11 is 5.93. The molecule has 0 aromatic heterocycles. The Hall–Kier alpha value is -0.600. The minimum atomic E-state index is -0.368. The summed E-state index contributed by atoms with van der Waals surface area (Å²) in [7, 11) is 0. The highest BCUT2D eigenvalue weighted by molar-refractivity contribution is 6.31. The molecular weight excluding hydrogens is 239 g/mol. The highest BCUT2D eigenvalue weighted by Crippen LogP contribution is 2.25. The first kappa shape index (κ1) is 14.5. The lowest BCUT2D eigenvalue weighted by atomic mass is 9.86. The van der Waals surface area contributed by atoms with Gasteiger partial charge in [-0.1, -0.05) is 38.4 Å². The van der Waals surface area contributed by atoms with Crippen LogP contribution in [-0.2, 0) is 6.42 Å². The van der Waals surface area contributed by atoms with E-state index in [1.807, 2.05) is 20.8 Å². The van der Waals surface area contributed by atoms with E-state index >= 15 is 0 Å². The summed E-state index contributed by atoms with van der Waals surface area (Å²) in [6.45, 7) is 5.98. The fraction of sp³-hybridized carbons (Fsp3) is 0.571. The minimum absolute atomic E-state index is 0.126. The second-order valence-corrected chi connectivity index (χ2v) is 5.88. The van der Waals surface area contributed by atoms with Crippen molar-refractivity contribution in [3.05, 3.63) is 34.6 Å². The van der Waals surface area contributed by atoms with E-state index in [1.54, 1.807) is 12.1 Å². The van der Waals surface area contributed by atoms with Gasteiger partial charge in [0.25, 0.3) is 0 Å². The van der Waals surface area contributed by atoms with Crippen molar-refractivity contribution in [2.45, 2.75) is 46.1 Å². The molecule has 0 radical (unpaired) electrons. The molecule has 0 spiro atoms. The van der Waals surface area contributed by atoms with Crippen molar-refractivity contribution in [1.82, 2.24) is 0 Å². The van der Waals surface area contributed by atoms with E-state index in [0.29, 0.717) is 23.4 Å². The van der Waals surface area contributed by atoms with Gasteiger partial charge in [0.1, 0.15) is 5.82 Å². The zero-order valence-electron chi connectivity index (χ0n) is 10.6. The predicted octanol–water partition coefficient (Wildman–Crippen LogP) is 4.21. The topological polar surface area (TPSA) is 20.2 Å². The number of hydrogen-bond acceptors (Lipinski definition) is 1. The summed E-state index contributed by atoms with van der Waals surface area (Å²) in [6.07, 6.45) is 1.60. The van der Waals surface area contributed by atoms with Gasteiger partial charge in [-0.25, -0.2) is 4.39 Å². The van der Waals surface area contributed by atoms with Gasteiger partial charge in [-0.15, -0.1) is 0 Å². The normalized spacial score (nSPS) is 13.8. The number of halogens is 2. The number of hydrogen-bond donors (Lipinski definition) is 1. The molecule has 0 fully saturated rings. The van der Waals surface area contributed by atoms with E-state index in [4.69, 9.17) is 11.6 Å². The van der Waals surface area contributed by atoms with Gasteiger partial charge in [-0.05, 0) is 36.8 Å². The highest BCUT2D eigenvalue weighted by Gasteiger charge is 2.21. The molecule has 1 rings (SSSR count). The number of aliphatic hydroxyl groups excluding tert-OH is 1. The first-order chi connectivity index (χ1) is 7.82. The molecule has 0 amide bonds. The van der Waals surface area contributed by atoms with Gasteiger partial charge in [-0.3, -0.25) is 0 Å². The molecule has 0 heterocycles. The fourth-order valence-corrected chi connectivity index (χ4v) is 1.93. The van der Waals surface area contributed by atoms with Gasteiger partial charge in [0.15, 0.2) is 0 Å². The lowest BCUT2D eigenvalue weighted by Crippen LogP contribution is -2.25. The summed E-state index contributed by atoms with van der Waals surface area (Å²) in [5, 5.41) is 10.3. The van der Waals surface area contributed by atoms with Gasteiger partial charge in [0.2, 0.25) is 0 Å². The van der Waals surface area contributed by atoms with Crippen LogP contribution in [0.2, 0.25) is 5.02 Å². The second kappa shape index (κ2) is 5.83. The quantitative estimate of drug-likeness (QED) is 0.858. The van der Waals surface area contributed by atoms with Crippen LogP contribution in [0, 0.1) is 11.2 Å². The molecule has 1 atom stereocenters. The number of aliphatic hydroxyl groups is 1. The van der Waals surface area contributed by atoms with Crippen molar-refractivity contribution < 1.29 is 9.50 Å². The van der Waals surface area contributed by atoms with E-state index in [2.05, 4.69) is 0 Å². The molecule has 1 nitrogen and oxygen atoms in total. The SMILES string of the molecule is CC(C)(C)C(O)CCCc1c(F)cccc1Cl. The summed E-state index contributed by atoms with van der Waals surface area (Å²) in [5.41, 5.74) is 0.425. The summed E-state index contributed by atoms with van der Waals surface area (Å²) in [5.74, 6) is -0.261. The van der Waals surface area contributed by atoms with Crippen molar-refractivity contribution in [1.29, 1.82) is 0 Å². The molecule has 1 N–H and O–H groups in total. The van der Waals surface area contributed by atoms with Gasteiger partial charge in [0, 0.05) is 10.6 Å². The third-order valence-electron chi connectivity index (χ3n) is 2.97. The molecule has 0 aliphatic heterocycles. The predicted molar refractivity (Wildman–Crippen MR) is 69.8 cm³/mol. The minimum Gasteiger partial charge on any atom is -0.393 e. The summed E-state index contributed by atoms with van der Waals surface area (Å²) < 4.78 is 13.5. The molecule has 1 aromatic rings. The molecule has 96 valence electrons. The third kappa shape index (κ3) is 4.29. The van der Waals surface area contributed by atoms with Crippen molar-refractivity contribution >= 4 is 11.6 Å². The first-order valence-corrected chi connectivity index (χ1v) is 6.31. The van der Waals surface area contributed by atoms with Crippen LogP contribution in [0.15, 0.2) is 18.2 Å². The largest absolute Gasteiger partial charge is 0.393 e. The van der Waals surface area contributed by atoms with Crippen LogP contribution in [0.4, 0.5) is 4.39 Å². The highest BCUT2D eigenvalue weighted by atomic mass is 35.5. The van der Waals surface area contributed by atoms with Crippen LogP contribution in [0.5, 0.6) is 0 Å². The average Bonchev–Trinajstić information content (AvgIpc) is 2.20. The van der Waals surface area contributed by atoms with Crippen molar-refractivity contribution in [2.24, 2.45) is 5.41 Å². The van der Waals surface area contributed by atoms with E-state index in [-0.39, 0.29) is 17.3 Å². The molecule has 3 heteroatoms. The Labute approximate surface area is 108 Å². The van der Waals surface area contributed by atoms with Gasteiger partial charge < -0.3 is 5.11 Å². The monoisotopic (exact) mass is 258 g/mol. The zero-order chi connectivity index (χ0) is 13.1. The Morgan fingerprint density at radius 2 is 2.00 bits per heavy atom. The second-order valence-electron chi connectivity index (χ2n) is 5.47. The number of benzene rings is 1. The zero-order valence-corrected chi connectivity index (χ0v) is 11.4. The van der Waals surface area contributed by atoms with E-state index in [9.17, 15) is 9.50 Å². The lowest BCUT2D eigenvalue weighted by Gasteiger charge is -2.25. The maximum absolute atomic E-state index is 13.5. The van der Waals surface area contributed by atoms with Gasteiger partial charge >= 0.3 is 0 Å². The van der Waals surface area contributed by atoms with Gasteiger partial charge in [-0.2, -0.15) is 0 Å². The Balaban J connectivity index is 2.52. The standard InChI is InChI=1S/C14H20ClFO/c1-14(2,3)13(17)9-4-6-10-11(15)7-5-8-12(10)16/h5,7-8,13,17H,4,6,9H2,1-3H3. The summed E-state index contributed by atoms with van der Waals surface area (Å²) in [6, 6.07) is 4.72. The molecular formula is C14H20ClFO. The number of rotatable bonds is 4. The molecule has 1 unspecified atom stereocenters. The Morgan fingerprint density at radius 3 is 2.53 bits per heavy atom. The lowest BCUT2D eigenvalue weighted by molar-refractivity contribution is 0.0540. The average molecular weight is 259 g/mol. The molecule has 0 saturated heterocycles. The molecule has 1 aromatic carbocycles. The van der Waals surface area contributed by atoms with Crippen LogP contribution in [0.1, 0.15) is 39.2 Å². The van der Waals surface area contributed by atoms with Crippen LogP contribution >= 0.6 is 11.6 Å². The van der Waals surface area contributed by atoms with Crippen molar-refractivity contribution in [3.63, 3.8) is 0 Å². The van der Waals surface area contributed by atoms with Crippen LogP contribution in [-0.4, -0.2) is 11.2 Å². The Morgan fingerprint density at radius 1 is 1.35 bits per heavy atom. The van der Waals surface area contributed by atoms with E-state index in [1.165, 1.54) is 6.07 Å². The first-order valence-electron chi connectivity index (χ1n) is 5.93. The van der Waals surface area contributed by atoms with E-state index < -0.39 is 0 Å². The smallest absolute Gasteiger partial charge is 0.127 e. The van der Waals surface area contributed by atoms with Crippen LogP contribution < -0.4 is 0 Å². The van der Waals surface area contributed by atoms with Gasteiger partial charge in [0.05, 0.1) is 6.10 Å². The summed E-state index contributed by atoms with van der Waals surface area (Å²) in [4.78, 5) is 0. The van der Waals surface area contributed by atoms with Crippen molar-refractivity contribution in [3.8, 4) is 0 Å². The maximum Gasteiger partial charge on any atom is 0.127 e. The third-order valence-corrected chi connectivity index (χ3v) is 3.32. The molecule has 17 heavy (non-hydrogen) atoms. The maximum atomic E-state index is 13.5. The molecule has 0 aliphatic rings. The van der Waals surface area contributed by atoms with Crippen molar-refractivity contribution in [2.75, 3.05) is 0 Å². The molecule has 0 aliphatic carbocycles. The van der Waals surface area contributed by atoms with E-state index in [0.717, 1.165) is 6.42 Å². The molecule has 0 saturated carbocycles. The Kier molecular flexibility index (Phi) is 4.96.